The molecule has 6 nitrogen and oxygen atoms in total. The van der Waals surface area contributed by atoms with Crippen molar-refractivity contribution >= 4 is 11.8 Å². The molecule has 3 rings (SSSR count). The highest BCUT2D eigenvalue weighted by Crippen LogP contribution is 2.19. The molecule has 0 atom stereocenters. The molecule has 0 aromatic heterocycles. The lowest BCUT2D eigenvalue weighted by Gasteiger charge is -2.26. The molecule has 1 saturated heterocycles. The fraction of sp³-hybridized carbons (Fsp3) is 0.333. The molecule has 6 heteroatoms. The van der Waals surface area contributed by atoms with Crippen molar-refractivity contribution in [3.05, 3.63) is 60.2 Å². The molecule has 0 aliphatic carbocycles. The van der Waals surface area contributed by atoms with Crippen LogP contribution in [0.2, 0.25) is 0 Å². The molecule has 1 aliphatic heterocycles. The maximum atomic E-state index is 12.3. The number of amides is 2. The summed E-state index contributed by atoms with van der Waals surface area (Å²) in [5.41, 5.74) is 2.56. The molecule has 142 valence electrons. The van der Waals surface area contributed by atoms with Crippen LogP contribution >= 0.6 is 0 Å². The third-order valence-corrected chi connectivity index (χ3v) is 4.50. The van der Waals surface area contributed by atoms with Gasteiger partial charge in [-0.15, -0.1) is 0 Å². The Kier molecular flexibility index (Phi) is 6.96. The quantitative estimate of drug-likeness (QED) is 0.779. The van der Waals surface area contributed by atoms with Gasteiger partial charge < -0.3 is 15.4 Å². The van der Waals surface area contributed by atoms with Crippen LogP contribution in [0.15, 0.2) is 54.6 Å². The van der Waals surface area contributed by atoms with Crippen molar-refractivity contribution in [1.82, 2.24) is 15.5 Å². The minimum absolute atomic E-state index is 0.0302. The molecule has 0 bridgehead atoms. The van der Waals surface area contributed by atoms with Crippen molar-refractivity contribution in [2.24, 2.45) is 0 Å². The molecule has 2 aromatic carbocycles. The first kappa shape index (κ1) is 19.1. The van der Waals surface area contributed by atoms with E-state index in [9.17, 15) is 9.59 Å². The van der Waals surface area contributed by atoms with Gasteiger partial charge in [0.2, 0.25) is 5.91 Å². The Balaban J connectivity index is 1.44. The number of carbonyl (C=O) groups excluding carboxylic acids is 2. The van der Waals surface area contributed by atoms with E-state index in [0.717, 1.165) is 44.0 Å². The van der Waals surface area contributed by atoms with Gasteiger partial charge in [-0.1, -0.05) is 42.5 Å². The van der Waals surface area contributed by atoms with Crippen LogP contribution < -0.4 is 10.6 Å². The normalized spacial score (nSPS) is 14.5. The number of hydrogen-bond donors (Lipinski definition) is 2. The number of rotatable bonds is 7. The van der Waals surface area contributed by atoms with Gasteiger partial charge >= 0.3 is 0 Å². The summed E-state index contributed by atoms with van der Waals surface area (Å²) in [4.78, 5) is 26.5. The maximum Gasteiger partial charge on any atom is 0.251 e. The highest BCUT2D eigenvalue weighted by Gasteiger charge is 2.11. The lowest BCUT2D eigenvalue weighted by atomic mass is 10.0. The summed E-state index contributed by atoms with van der Waals surface area (Å²) in [6.07, 6.45) is 0. The molecular weight excluding hydrogens is 342 g/mol. The second kappa shape index (κ2) is 9.85. The zero-order valence-electron chi connectivity index (χ0n) is 15.3. The summed E-state index contributed by atoms with van der Waals surface area (Å²) < 4.78 is 5.29. The SMILES string of the molecule is O=C(CNC(=O)c1cccc(-c2ccccc2)c1)NCCN1CCOCC1. The van der Waals surface area contributed by atoms with Gasteiger partial charge in [-0.05, 0) is 23.3 Å². The van der Waals surface area contributed by atoms with E-state index in [1.807, 2.05) is 48.5 Å². The van der Waals surface area contributed by atoms with Gasteiger partial charge in [0, 0.05) is 31.7 Å². The number of morpholine rings is 1. The summed E-state index contributed by atoms with van der Waals surface area (Å²) in [6.45, 7) is 4.60. The number of benzene rings is 2. The molecule has 0 saturated carbocycles. The zero-order chi connectivity index (χ0) is 18.9. The molecule has 1 aliphatic rings. The van der Waals surface area contributed by atoms with Crippen LogP contribution in [0.1, 0.15) is 10.4 Å². The monoisotopic (exact) mass is 367 g/mol. The van der Waals surface area contributed by atoms with Gasteiger partial charge in [-0.2, -0.15) is 0 Å². The Morgan fingerprint density at radius 2 is 1.67 bits per heavy atom. The van der Waals surface area contributed by atoms with Crippen LogP contribution in [0.5, 0.6) is 0 Å². The van der Waals surface area contributed by atoms with E-state index in [1.165, 1.54) is 0 Å². The van der Waals surface area contributed by atoms with Gasteiger partial charge in [0.05, 0.1) is 19.8 Å². The number of carbonyl (C=O) groups is 2. The predicted molar refractivity (Wildman–Crippen MR) is 104 cm³/mol. The zero-order valence-corrected chi connectivity index (χ0v) is 15.3. The highest BCUT2D eigenvalue weighted by molar-refractivity contribution is 5.97. The first-order valence-electron chi connectivity index (χ1n) is 9.23. The molecule has 0 unspecified atom stereocenters. The van der Waals surface area contributed by atoms with E-state index in [-0.39, 0.29) is 18.4 Å². The average molecular weight is 367 g/mol. The van der Waals surface area contributed by atoms with Crippen LogP contribution in [0, 0.1) is 0 Å². The second-order valence-electron chi connectivity index (χ2n) is 6.43. The van der Waals surface area contributed by atoms with Crippen molar-refractivity contribution in [3.63, 3.8) is 0 Å². The molecule has 2 N–H and O–H groups in total. The third-order valence-electron chi connectivity index (χ3n) is 4.50. The fourth-order valence-electron chi connectivity index (χ4n) is 2.97. The van der Waals surface area contributed by atoms with Gasteiger partial charge in [0.1, 0.15) is 0 Å². The minimum Gasteiger partial charge on any atom is -0.379 e. The standard InChI is InChI=1S/C21H25N3O3/c25-20(22-9-10-24-11-13-27-14-12-24)16-23-21(26)19-8-4-7-18(15-19)17-5-2-1-3-6-17/h1-8,15H,9-14,16H2,(H,22,25)(H,23,26). The average Bonchev–Trinajstić information content (AvgIpc) is 2.73. The smallest absolute Gasteiger partial charge is 0.251 e. The molecule has 1 heterocycles. The number of ether oxygens (including phenoxy) is 1. The summed E-state index contributed by atoms with van der Waals surface area (Å²) in [6, 6.07) is 17.3. The van der Waals surface area contributed by atoms with Gasteiger partial charge in [0.15, 0.2) is 0 Å². The first-order valence-corrected chi connectivity index (χ1v) is 9.23. The summed E-state index contributed by atoms with van der Waals surface area (Å²) in [7, 11) is 0. The van der Waals surface area contributed by atoms with Gasteiger partial charge in [0.25, 0.3) is 5.91 Å². The summed E-state index contributed by atoms with van der Waals surface area (Å²) in [5, 5.41) is 5.52. The molecule has 0 spiro atoms. The van der Waals surface area contributed by atoms with Gasteiger partial charge in [-0.25, -0.2) is 0 Å². The molecule has 1 fully saturated rings. The van der Waals surface area contributed by atoms with Crippen molar-refractivity contribution < 1.29 is 14.3 Å². The van der Waals surface area contributed by atoms with Crippen molar-refractivity contribution in [1.29, 1.82) is 0 Å². The Labute approximate surface area is 159 Å². The Hall–Kier alpha value is -2.70. The Morgan fingerprint density at radius 1 is 0.926 bits per heavy atom. The summed E-state index contributed by atoms with van der Waals surface area (Å²) >= 11 is 0. The lowest BCUT2D eigenvalue weighted by molar-refractivity contribution is -0.120. The van der Waals surface area contributed by atoms with Crippen LogP contribution in [0.4, 0.5) is 0 Å². The van der Waals surface area contributed by atoms with Crippen LogP contribution in [-0.4, -0.2) is 62.7 Å². The van der Waals surface area contributed by atoms with E-state index in [1.54, 1.807) is 6.07 Å². The fourth-order valence-corrected chi connectivity index (χ4v) is 2.97. The van der Waals surface area contributed by atoms with E-state index in [0.29, 0.717) is 12.1 Å². The molecule has 2 amide bonds. The van der Waals surface area contributed by atoms with Gasteiger partial charge in [-0.3, -0.25) is 14.5 Å². The largest absolute Gasteiger partial charge is 0.379 e. The minimum atomic E-state index is -0.254. The topological polar surface area (TPSA) is 70.7 Å². The maximum absolute atomic E-state index is 12.3. The Morgan fingerprint density at radius 3 is 2.44 bits per heavy atom. The van der Waals surface area contributed by atoms with Crippen LogP contribution in [-0.2, 0) is 9.53 Å². The summed E-state index contributed by atoms with van der Waals surface area (Å²) in [5.74, 6) is -0.438. The lowest BCUT2D eigenvalue weighted by Crippen LogP contribution is -2.43. The molecule has 2 aromatic rings. The number of nitrogens with zero attached hydrogens (tertiary/aromatic N) is 1. The number of hydrogen-bond acceptors (Lipinski definition) is 4. The molecule has 27 heavy (non-hydrogen) atoms. The third kappa shape index (κ3) is 5.91. The van der Waals surface area contributed by atoms with Crippen LogP contribution in [0.3, 0.4) is 0 Å². The number of nitrogens with one attached hydrogen (secondary N) is 2. The van der Waals surface area contributed by atoms with Crippen molar-refractivity contribution in [2.45, 2.75) is 0 Å². The van der Waals surface area contributed by atoms with E-state index in [4.69, 9.17) is 4.74 Å². The second-order valence-corrected chi connectivity index (χ2v) is 6.43. The molecular formula is C21H25N3O3. The van der Waals surface area contributed by atoms with E-state index < -0.39 is 0 Å². The molecule has 0 radical (unpaired) electrons. The van der Waals surface area contributed by atoms with Crippen LogP contribution in [0.25, 0.3) is 11.1 Å². The van der Waals surface area contributed by atoms with Crippen molar-refractivity contribution in [3.8, 4) is 11.1 Å². The first-order chi connectivity index (χ1) is 13.2. The highest BCUT2D eigenvalue weighted by atomic mass is 16.5. The predicted octanol–water partition coefficient (Wildman–Crippen LogP) is 1.53. The van der Waals surface area contributed by atoms with E-state index in [2.05, 4.69) is 15.5 Å². The van der Waals surface area contributed by atoms with E-state index >= 15 is 0 Å². The Bertz CT molecular complexity index is 758. The van der Waals surface area contributed by atoms with Crippen molar-refractivity contribution in [2.75, 3.05) is 45.9 Å².